The molecule has 0 saturated carbocycles. The Kier molecular flexibility index (Phi) is 4.68. The summed E-state index contributed by atoms with van der Waals surface area (Å²) in [5, 5.41) is 2.85. The monoisotopic (exact) mass is 260 g/mol. The first-order valence-corrected chi connectivity index (χ1v) is 6.85. The van der Waals surface area contributed by atoms with Gasteiger partial charge in [0.15, 0.2) is 5.78 Å². The summed E-state index contributed by atoms with van der Waals surface area (Å²) in [6.07, 6.45) is 2.77. The third-order valence-corrected chi connectivity index (χ3v) is 3.39. The number of nitrogens with one attached hydrogen (secondary N) is 1. The topological polar surface area (TPSA) is 49.4 Å². The number of amides is 1. The molecule has 1 aliphatic rings. The van der Waals surface area contributed by atoms with Crippen LogP contribution in [0.3, 0.4) is 0 Å². The summed E-state index contributed by atoms with van der Waals surface area (Å²) in [6, 6.07) is 7.19. The van der Waals surface area contributed by atoms with Crippen molar-refractivity contribution in [2.75, 3.05) is 25.0 Å². The summed E-state index contributed by atoms with van der Waals surface area (Å²) in [5.41, 5.74) is 1.22. The van der Waals surface area contributed by atoms with E-state index >= 15 is 0 Å². The quantitative estimate of drug-likeness (QED) is 0.826. The number of carbonyl (C=O) groups is 2. The van der Waals surface area contributed by atoms with Crippen LogP contribution in [0.15, 0.2) is 24.3 Å². The number of carbonyl (C=O) groups excluding carboxylic acids is 2. The minimum absolute atomic E-state index is 0.0433. The molecule has 0 bridgehead atoms. The number of Topliss-reactive ketones (excluding diaryl/α,β-unsaturated/α-hetero) is 1. The second-order valence-corrected chi connectivity index (χ2v) is 4.85. The van der Waals surface area contributed by atoms with Crippen molar-refractivity contribution in [1.29, 1.82) is 0 Å². The standard InChI is InChI=1S/C15H20N2O2/c1-2-14(18)12-7-3-4-8-13(12)16-15(19)11-17-9-5-6-10-17/h3-4,7-8H,2,5-6,9-11H2,1H3,(H,16,19). The van der Waals surface area contributed by atoms with E-state index in [1.165, 1.54) is 0 Å². The molecule has 102 valence electrons. The van der Waals surface area contributed by atoms with Crippen LogP contribution in [0.4, 0.5) is 5.69 Å². The highest BCUT2D eigenvalue weighted by Crippen LogP contribution is 2.17. The Labute approximate surface area is 113 Å². The number of benzene rings is 1. The lowest BCUT2D eigenvalue weighted by Crippen LogP contribution is -2.31. The van der Waals surface area contributed by atoms with Crippen LogP contribution in [0.2, 0.25) is 0 Å². The van der Waals surface area contributed by atoms with Gasteiger partial charge in [-0.3, -0.25) is 14.5 Å². The van der Waals surface area contributed by atoms with Gasteiger partial charge in [-0.1, -0.05) is 19.1 Å². The molecule has 1 amide bonds. The van der Waals surface area contributed by atoms with Gasteiger partial charge < -0.3 is 5.32 Å². The number of ketones is 1. The van der Waals surface area contributed by atoms with E-state index < -0.39 is 0 Å². The molecule has 4 heteroatoms. The smallest absolute Gasteiger partial charge is 0.238 e. The molecule has 1 heterocycles. The maximum atomic E-state index is 12.0. The largest absolute Gasteiger partial charge is 0.324 e. The summed E-state index contributed by atoms with van der Waals surface area (Å²) in [5.74, 6) is 0.00956. The fraction of sp³-hybridized carbons (Fsp3) is 0.467. The van der Waals surface area contributed by atoms with E-state index in [2.05, 4.69) is 10.2 Å². The predicted octanol–water partition coefficient (Wildman–Crippen LogP) is 2.31. The van der Waals surface area contributed by atoms with E-state index in [1.54, 1.807) is 12.1 Å². The first-order valence-electron chi connectivity index (χ1n) is 6.85. The lowest BCUT2D eigenvalue weighted by molar-refractivity contribution is -0.117. The molecule has 1 fully saturated rings. The molecule has 1 N–H and O–H groups in total. The lowest BCUT2D eigenvalue weighted by Gasteiger charge is -2.15. The number of hydrogen-bond acceptors (Lipinski definition) is 3. The molecule has 0 spiro atoms. The normalized spacial score (nSPS) is 15.4. The number of para-hydroxylation sites is 1. The lowest BCUT2D eigenvalue weighted by atomic mass is 10.1. The van der Waals surface area contributed by atoms with Crippen LogP contribution < -0.4 is 5.32 Å². The van der Waals surface area contributed by atoms with Crippen LogP contribution in [-0.2, 0) is 4.79 Å². The molecule has 0 aliphatic carbocycles. The van der Waals surface area contributed by atoms with Crippen molar-refractivity contribution in [3.63, 3.8) is 0 Å². The van der Waals surface area contributed by atoms with Crippen molar-refractivity contribution in [3.05, 3.63) is 29.8 Å². The van der Waals surface area contributed by atoms with Crippen LogP contribution >= 0.6 is 0 Å². The van der Waals surface area contributed by atoms with E-state index in [0.29, 0.717) is 24.2 Å². The summed E-state index contributed by atoms with van der Waals surface area (Å²) in [4.78, 5) is 25.9. The molecule has 1 aromatic carbocycles. The molecule has 0 aromatic heterocycles. The number of nitrogens with zero attached hydrogens (tertiary/aromatic N) is 1. The van der Waals surface area contributed by atoms with E-state index in [-0.39, 0.29) is 11.7 Å². The molecule has 0 unspecified atom stereocenters. The molecular formula is C15H20N2O2. The van der Waals surface area contributed by atoms with Crippen molar-refractivity contribution in [2.24, 2.45) is 0 Å². The first kappa shape index (κ1) is 13.7. The zero-order valence-electron chi connectivity index (χ0n) is 11.3. The number of rotatable bonds is 5. The maximum absolute atomic E-state index is 12.0. The Balaban J connectivity index is 2.01. The highest BCUT2D eigenvalue weighted by molar-refractivity contribution is 6.05. The molecule has 1 saturated heterocycles. The predicted molar refractivity (Wildman–Crippen MR) is 75.4 cm³/mol. The highest BCUT2D eigenvalue weighted by Gasteiger charge is 2.16. The van der Waals surface area contributed by atoms with Crippen molar-refractivity contribution in [2.45, 2.75) is 26.2 Å². The van der Waals surface area contributed by atoms with Gasteiger partial charge in [-0.25, -0.2) is 0 Å². The van der Waals surface area contributed by atoms with E-state index in [9.17, 15) is 9.59 Å². The summed E-state index contributed by atoms with van der Waals surface area (Å²) in [6.45, 7) is 4.21. The minimum atomic E-state index is -0.0433. The third-order valence-electron chi connectivity index (χ3n) is 3.39. The fourth-order valence-corrected chi connectivity index (χ4v) is 2.36. The molecule has 1 aliphatic heterocycles. The average Bonchev–Trinajstić information content (AvgIpc) is 2.91. The molecule has 19 heavy (non-hydrogen) atoms. The van der Waals surface area contributed by atoms with Gasteiger partial charge in [0, 0.05) is 12.0 Å². The first-order chi connectivity index (χ1) is 9.20. The number of hydrogen-bond donors (Lipinski definition) is 1. The molecule has 0 atom stereocenters. The Bertz CT molecular complexity index is 465. The second kappa shape index (κ2) is 6.48. The number of likely N-dealkylation sites (tertiary alicyclic amines) is 1. The number of anilines is 1. The SMILES string of the molecule is CCC(=O)c1ccccc1NC(=O)CN1CCCC1. The zero-order chi connectivity index (χ0) is 13.7. The van der Waals surface area contributed by atoms with Gasteiger partial charge >= 0.3 is 0 Å². The molecule has 2 rings (SSSR count). The van der Waals surface area contributed by atoms with Crippen LogP contribution in [0.25, 0.3) is 0 Å². The van der Waals surface area contributed by atoms with Gasteiger partial charge in [0.2, 0.25) is 5.91 Å². The minimum Gasteiger partial charge on any atom is -0.324 e. The Morgan fingerprint density at radius 3 is 2.58 bits per heavy atom. The molecule has 4 nitrogen and oxygen atoms in total. The van der Waals surface area contributed by atoms with Gasteiger partial charge in [0.25, 0.3) is 0 Å². The summed E-state index contributed by atoms with van der Waals surface area (Å²) < 4.78 is 0. The van der Waals surface area contributed by atoms with Gasteiger partial charge in [-0.05, 0) is 38.1 Å². The zero-order valence-corrected chi connectivity index (χ0v) is 11.3. The van der Waals surface area contributed by atoms with E-state index in [0.717, 1.165) is 25.9 Å². The van der Waals surface area contributed by atoms with Gasteiger partial charge in [-0.2, -0.15) is 0 Å². The van der Waals surface area contributed by atoms with E-state index in [1.807, 2.05) is 19.1 Å². The van der Waals surface area contributed by atoms with Crippen molar-refractivity contribution < 1.29 is 9.59 Å². The molecule has 1 aromatic rings. The fourth-order valence-electron chi connectivity index (χ4n) is 2.36. The summed E-state index contributed by atoms with van der Waals surface area (Å²) >= 11 is 0. The van der Waals surface area contributed by atoms with Crippen molar-refractivity contribution in [1.82, 2.24) is 4.90 Å². The van der Waals surface area contributed by atoms with Crippen LogP contribution in [0, 0.1) is 0 Å². The second-order valence-electron chi connectivity index (χ2n) is 4.85. The van der Waals surface area contributed by atoms with E-state index in [4.69, 9.17) is 0 Å². The Morgan fingerprint density at radius 1 is 1.21 bits per heavy atom. The summed E-state index contributed by atoms with van der Waals surface area (Å²) in [7, 11) is 0. The van der Waals surface area contributed by atoms with Crippen LogP contribution in [0.1, 0.15) is 36.5 Å². The van der Waals surface area contributed by atoms with Gasteiger partial charge in [-0.15, -0.1) is 0 Å². The van der Waals surface area contributed by atoms with Gasteiger partial charge in [0.05, 0.1) is 12.2 Å². The average molecular weight is 260 g/mol. The highest BCUT2D eigenvalue weighted by atomic mass is 16.2. The molecular weight excluding hydrogens is 240 g/mol. The van der Waals surface area contributed by atoms with Crippen molar-refractivity contribution >= 4 is 17.4 Å². The third kappa shape index (κ3) is 3.64. The Morgan fingerprint density at radius 2 is 1.89 bits per heavy atom. The van der Waals surface area contributed by atoms with Gasteiger partial charge in [0.1, 0.15) is 0 Å². The molecule has 0 radical (unpaired) electrons. The Hall–Kier alpha value is -1.68. The van der Waals surface area contributed by atoms with Crippen LogP contribution in [0.5, 0.6) is 0 Å². The maximum Gasteiger partial charge on any atom is 0.238 e. The van der Waals surface area contributed by atoms with Crippen molar-refractivity contribution in [3.8, 4) is 0 Å². The van der Waals surface area contributed by atoms with Crippen LogP contribution in [-0.4, -0.2) is 36.2 Å².